The minimum atomic E-state index is -0.0390. The third-order valence-corrected chi connectivity index (χ3v) is 10.2. The van der Waals surface area contributed by atoms with E-state index in [1.807, 2.05) is 13.8 Å². The summed E-state index contributed by atoms with van der Waals surface area (Å²) in [7, 11) is 0. The maximum atomic E-state index is 12.2. The molecular formula is C25H42O2. The van der Waals surface area contributed by atoms with E-state index in [9.17, 15) is 9.90 Å². The fourth-order valence-corrected chi connectivity index (χ4v) is 8.42. The van der Waals surface area contributed by atoms with Crippen molar-refractivity contribution in [1.29, 1.82) is 0 Å². The van der Waals surface area contributed by atoms with E-state index in [0.29, 0.717) is 16.6 Å². The highest BCUT2D eigenvalue weighted by molar-refractivity contribution is 5.80. The molecule has 27 heavy (non-hydrogen) atoms. The summed E-state index contributed by atoms with van der Waals surface area (Å²) in [6, 6.07) is 0. The smallest absolute Gasteiger partial charge is 0.135 e. The van der Waals surface area contributed by atoms with E-state index in [1.165, 1.54) is 44.9 Å². The van der Waals surface area contributed by atoms with Crippen LogP contribution in [-0.4, -0.2) is 17.0 Å². The van der Waals surface area contributed by atoms with Gasteiger partial charge in [-0.1, -0.05) is 27.7 Å². The first kappa shape index (κ1) is 19.9. The lowest BCUT2D eigenvalue weighted by Gasteiger charge is -2.61. The number of hydrogen-bond donors (Lipinski definition) is 1. The van der Waals surface area contributed by atoms with Gasteiger partial charge in [0.15, 0.2) is 0 Å². The Morgan fingerprint density at radius 1 is 0.963 bits per heavy atom. The van der Waals surface area contributed by atoms with Gasteiger partial charge in [-0.2, -0.15) is 0 Å². The molecule has 0 bridgehead atoms. The average molecular weight is 375 g/mol. The summed E-state index contributed by atoms with van der Waals surface area (Å²) < 4.78 is 0. The molecule has 0 aromatic carbocycles. The van der Waals surface area contributed by atoms with E-state index in [1.54, 1.807) is 0 Å². The Bertz CT molecular complexity index is 569. The number of ketones is 1. The maximum absolute atomic E-state index is 12.2. The zero-order chi connectivity index (χ0) is 19.4. The molecule has 4 aliphatic carbocycles. The first-order valence-electron chi connectivity index (χ1n) is 12.0. The van der Waals surface area contributed by atoms with Crippen LogP contribution in [-0.2, 0) is 4.79 Å². The van der Waals surface area contributed by atoms with E-state index < -0.39 is 0 Å². The summed E-state index contributed by atoms with van der Waals surface area (Å²) >= 11 is 0. The monoisotopic (exact) mass is 374 g/mol. The molecular weight excluding hydrogens is 332 g/mol. The molecule has 4 saturated carbocycles. The van der Waals surface area contributed by atoms with E-state index in [2.05, 4.69) is 13.8 Å². The van der Waals surface area contributed by atoms with Gasteiger partial charge in [0.25, 0.3) is 0 Å². The zero-order valence-corrected chi connectivity index (χ0v) is 18.2. The topological polar surface area (TPSA) is 37.3 Å². The van der Waals surface area contributed by atoms with Gasteiger partial charge in [0.05, 0.1) is 6.10 Å². The molecule has 4 fully saturated rings. The molecule has 4 rings (SSSR count). The number of fused-ring (bicyclic) bond motifs is 5. The van der Waals surface area contributed by atoms with Crippen LogP contribution in [0.15, 0.2) is 0 Å². The Hall–Kier alpha value is -0.370. The Balaban J connectivity index is 1.48. The quantitative estimate of drug-likeness (QED) is 0.654. The molecule has 1 N–H and O–H groups in total. The van der Waals surface area contributed by atoms with Gasteiger partial charge in [-0.3, -0.25) is 4.79 Å². The van der Waals surface area contributed by atoms with E-state index in [0.717, 1.165) is 55.3 Å². The number of hydrogen-bond acceptors (Lipinski definition) is 2. The Morgan fingerprint density at radius 3 is 2.41 bits per heavy atom. The number of carbonyl (C=O) groups is 1. The SMILES string of the molecule is CC(C)C(=O)CCC1CCC2C3CCC4CC(O)CCC4(C)C3CCC12C. The summed E-state index contributed by atoms with van der Waals surface area (Å²) in [5.74, 6) is 4.87. The molecule has 4 aliphatic rings. The van der Waals surface area contributed by atoms with E-state index in [4.69, 9.17) is 0 Å². The molecule has 0 aromatic rings. The third-order valence-electron chi connectivity index (χ3n) is 10.2. The third kappa shape index (κ3) is 3.22. The molecule has 0 spiro atoms. The molecule has 2 nitrogen and oxygen atoms in total. The van der Waals surface area contributed by atoms with Gasteiger partial charge in [-0.25, -0.2) is 0 Å². The van der Waals surface area contributed by atoms with Gasteiger partial charge in [-0.05, 0) is 105 Å². The van der Waals surface area contributed by atoms with Gasteiger partial charge in [-0.15, -0.1) is 0 Å². The van der Waals surface area contributed by atoms with Crippen molar-refractivity contribution in [2.24, 2.45) is 46.3 Å². The van der Waals surface area contributed by atoms with Crippen LogP contribution >= 0.6 is 0 Å². The van der Waals surface area contributed by atoms with Crippen molar-refractivity contribution in [2.45, 2.75) is 104 Å². The fraction of sp³-hybridized carbons (Fsp3) is 0.960. The van der Waals surface area contributed by atoms with Gasteiger partial charge >= 0.3 is 0 Å². The van der Waals surface area contributed by atoms with E-state index >= 15 is 0 Å². The van der Waals surface area contributed by atoms with Crippen molar-refractivity contribution in [1.82, 2.24) is 0 Å². The Morgan fingerprint density at radius 2 is 1.67 bits per heavy atom. The second-order valence-corrected chi connectivity index (χ2v) is 11.6. The summed E-state index contributed by atoms with van der Waals surface area (Å²) in [6.07, 6.45) is 13.5. The van der Waals surface area contributed by atoms with Crippen LogP contribution < -0.4 is 0 Å². The molecule has 2 heteroatoms. The lowest BCUT2D eigenvalue weighted by Crippen LogP contribution is -2.53. The zero-order valence-electron chi connectivity index (χ0n) is 18.2. The van der Waals surface area contributed by atoms with Crippen LogP contribution in [0.25, 0.3) is 0 Å². The highest BCUT2D eigenvalue weighted by Crippen LogP contribution is 2.67. The fourth-order valence-electron chi connectivity index (χ4n) is 8.42. The summed E-state index contributed by atoms with van der Waals surface area (Å²) in [6.45, 7) is 9.27. The lowest BCUT2D eigenvalue weighted by atomic mass is 9.44. The predicted octanol–water partition coefficient (Wildman–Crippen LogP) is 6.01. The van der Waals surface area contributed by atoms with Gasteiger partial charge in [0.1, 0.15) is 5.78 Å². The van der Waals surface area contributed by atoms with Crippen molar-refractivity contribution in [3.05, 3.63) is 0 Å². The van der Waals surface area contributed by atoms with Gasteiger partial charge in [0, 0.05) is 12.3 Å². The molecule has 0 aliphatic heterocycles. The largest absolute Gasteiger partial charge is 0.393 e. The molecule has 0 amide bonds. The standard InChI is InChI=1S/C25H42O2/c1-16(2)23(27)10-7-17-6-9-21-20-8-5-18-15-19(26)11-13-25(18,4)22(20)12-14-24(17,21)3/h16-22,26H,5-15H2,1-4H3. The molecule has 8 atom stereocenters. The lowest BCUT2D eigenvalue weighted by molar-refractivity contribution is -0.128. The van der Waals surface area contributed by atoms with Crippen molar-refractivity contribution in [3.63, 3.8) is 0 Å². The van der Waals surface area contributed by atoms with Crippen LogP contribution in [0.2, 0.25) is 0 Å². The van der Waals surface area contributed by atoms with Crippen LogP contribution in [0, 0.1) is 46.3 Å². The number of aliphatic hydroxyl groups excluding tert-OH is 1. The first-order chi connectivity index (χ1) is 12.8. The first-order valence-corrected chi connectivity index (χ1v) is 12.0. The normalized spacial score (nSPS) is 49.4. The molecule has 0 heterocycles. The Kier molecular flexibility index (Phi) is 5.28. The Labute approximate surface area is 166 Å². The number of rotatable bonds is 4. The van der Waals surface area contributed by atoms with Gasteiger partial charge in [0.2, 0.25) is 0 Å². The average Bonchev–Trinajstić information content (AvgIpc) is 2.96. The van der Waals surface area contributed by atoms with Crippen molar-refractivity contribution < 1.29 is 9.90 Å². The second-order valence-electron chi connectivity index (χ2n) is 11.6. The molecule has 0 saturated heterocycles. The van der Waals surface area contributed by atoms with Crippen molar-refractivity contribution in [2.75, 3.05) is 0 Å². The maximum Gasteiger partial charge on any atom is 0.135 e. The van der Waals surface area contributed by atoms with Crippen LogP contribution in [0.1, 0.15) is 98.3 Å². The van der Waals surface area contributed by atoms with E-state index in [-0.39, 0.29) is 12.0 Å². The minimum absolute atomic E-state index is 0.0390. The van der Waals surface area contributed by atoms with Crippen LogP contribution in [0.5, 0.6) is 0 Å². The van der Waals surface area contributed by atoms with Crippen molar-refractivity contribution in [3.8, 4) is 0 Å². The van der Waals surface area contributed by atoms with Crippen LogP contribution in [0.4, 0.5) is 0 Å². The summed E-state index contributed by atoms with van der Waals surface area (Å²) in [5.41, 5.74) is 0.963. The highest BCUT2D eigenvalue weighted by Gasteiger charge is 2.59. The molecule has 8 unspecified atom stereocenters. The number of carbonyl (C=O) groups excluding carboxylic acids is 1. The van der Waals surface area contributed by atoms with Crippen LogP contribution in [0.3, 0.4) is 0 Å². The predicted molar refractivity (Wildman–Crippen MR) is 110 cm³/mol. The molecule has 0 aromatic heterocycles. The minimum Gasteiger partial charge on any atom is -0.393 e. The molecule has 0 radical (unpaired) electrons. The van der Waals surface area contributed by atoms with Crippen molar-refractivity contribution >= 4 is 5.78 Å². The van der Waals surface area contributed by atoms with Gasteiger partial charge < -0.3 is 5.11 Å². The number of aliphatic hydroxyl groups is 1. The highest BCUT2D eigenvalue weighted by atomic mass is 16.3. The number of Topliss-reactive ketones (excluding diaryl/α,β-unsaturated/α-hetero) is 1. The second kappa shape index (κ2) is 7.15. The summed E-state index contributed by atoms with van der Waals surface area (Å²) in [4.78, 5) is 12.2. The summed E-state index contributed by atoms with van der Waals surface area (Å²) in [5, 5.41) is 10.2. The molecule has 154 valence electrons.